The number of halogens is 2. The van der Waals surface area contributed by atoms with E-state index in [1.54, 1.807) is 24.5 Å². The molecule has 2 aromatic heterocycles. The fourth-order valence-corrected chi connectivity index (χ4v) is 3.22. The van der Waals surface area contributed by atoms with Crippen molar-refractivity contribution in [2.24, 2.45) is 0 Å². The summed E-state index contributed by atoms with van der Waals surface area (Å²) in [6.07, 6.45) is 3.82. The maximum atomic E-state index is 13.5. The van der Waals surface area contributed by atoms with Crippen LogP contribution in [-0.4, -0.2) is 44.0 Å². The number of aliphatic hydroxyl groups is 2. The van der Waals surface area contributed by atoms with Crippen molar-refractivity contribution in [3.63, 3.8) is 0 Å². The van der Waals surface area contributed by atoms with E-state index in [0.717, 1.165) is 0 Å². The van der Waals surface area contributed by atoms with Gasteiger partial charge in [-0.2, -0.15) is 0 Å². The minimum absolute atomic E-state index is 0.0456. The van der Waals surface area contributed by atoms with Gasteiger partial charge in [0, 0.05) is 24.0 Å². The zero-order chi connectivity index (χ0) is 21.7. The average Bonchev–Trinajstić information content (AvgIpc) is 2.76. The molecule has 3 aromatic rings. The zero-order valence-corrected chi connectivity index (χ0v) is 17.1. The maximum absolute atomic E-state index is 13.5. The summed E-state index contributed by atoms with van der Waals surface area (Å²) >= 11 is 5.84. The third kappa shape index (κ3) is 4.84. The van der Waals surface area contributed by atoms with Gasteiger partial charge in [0.05, 0.1) is 36.0 Å². The van der Waals surface area contributed by atoms with Gasteiger partial charge in [0.1, 0.15) is 5.82 Å². The first kappa shape index (κ1) is 21.9. The number of anilines is 1. The van der Waals surface area contributed by atoms with Crippen LogP contribution in [0.4, 0.5) is 10.3 Å². The second-order valence-electron chi connectivity index (χ2n) is 6.73. The molecule has 1 aromatic carbocycles. The topological polar surface area (TPSA) is 100 Å². The lowest BCUT2D eigenvalue weighted by Crippen LogP contribution is -2.27. The standard InChI is InChI=1S/C21H22ClFN4O3/c1-2-15(11-28)25-21-24-7-5-18(26-21)13-6-8-27(20(30)10-13)19(12-29)14-3-4-17(23)16(22)9-14/h3-10,15,19,28-29H,2,11-12H2,1H3,(H,24,25,26)/t15-,19?/m0/s1. The number of pyridine rings is 1. The number of hydrogen-bond donors (Lipinski definition) is 3. The highest BCUT2D eigenvalue weighted by Crippen LogP contribution is 2.24. The molecule has 30 heavy (non-hydrogen) atoms. The lowest BCUT2D eigenvalue weighted by atomic mass is 10.1. The van der Waals surface area contributed by atoms with E-state index in [9.17, 15) is 19.4 Å². The summed E-state index contributed by atoms with van der Waals surface area (Å²) < 4.78 is 14.8. The van der Waals surface area contributed by atoms with Crippen molar-refractivity contribution in [2.75, 3.05) is 18.5 Å². The molecule has 3 N–H and O–H groups in total. The van der Waals surface area contributed by atoms with Crippen molar-refractivity contribution in [2.45, 2.75) is 25.4 Å². The van der Waals surface area contributed by atoms with Crippen LogP contribution in [0.1, 0.15) is 24.9 Å². The number of hydrogen-bond acceptors (Lipinski definition) is 6. The second kappa shape index (κ2) is 9.80. The normalized spacial score (nSPS) is 13.1. The number of aliphatic hydroxyl groups excluding tert-OH is 2. The molecule has 3 rings (SSSR count). The van der Waals surface area contributed by atoms with Crippen LogP contribution in [0.2, 0.25) is 5.02 Å². The Labute approximate surface area is 177 Å². The smallest absolute Gasteiger partial charge is 0.251 e. The summed E-state index contributed by atoms with van der Waals surface area (Å²) in [7, 11) is 0. The molecule has 0 radical (unpaired) electrons. The van der Waals surface area contributed by atoms with E-state index in [4.69, 9.17) is 11.6 Å². The molecule has 0 aliphatic carbocycles. The van der Waals surface area contributed by atoms with Gasteiger partial charge in [-0.1, -0.05) is 24.6 Å². The Morgan fingerprint density at radius 2 is 2.00 bits per heavy atom. The molecule has 0 amide bonds. The third-order valence-corrected chi connectivity index (χ3v) is 5.07. The van der Waals surface area contributed by atoms with Crippen molar-refractivity contribution >= 4 is 17.5 Å². The highest BCUT2D eigenvalue weighted by atomic mass is 35.5. The van der Waals surface area contributed by atoms with Gasteiger partial charge < -0.3 is 20.1 Å². The Bertz CT molecular complexity index is 1070. The molecular formula is C21H22ClFN4O3. The molecule has 0 saturated carbocycles. The van der Waals surface area contributed by atoms with E-state index in [-0.39, 0.29) is 29.8 Å². The van der Waals surface area contributed by atoms with Crippen LogP contribution < -0.4 is 10.9 Å². The van der Waals surface area contributed by atoms with Crippen LogP contribution >= 0.6 is 11.6 Å². The molecule has 2 atom stereocenters. The van der Waals surface area contributed by atoms with Gasteiger partial charge in [0.2, 0.25) is 5.95 Å². The summed E-state index contributed by atoms with van der Waals surface area (Å²) in [5.74, 6) is -0.216. The van der Waals surface area contributed by atoms with Crippen molar-refractivity contribution in [3.8, 4) is 11.3 Å². The average molecular weight is 433 g/mol. The van der Waals surface area contributed by atoms with Gasteiger partial charge in [-0.05, 0) is 36.2 Å². The van der Waals surface area contributed by atoms with Crippen LogP contribution in [0.25, 0.3) is 11.3 Å². The molecule has 1 unspecified atom stereocenters. The van der Waals surface area contributed by atoms with Gasteiger partial charge >= 0.3 is 0 Å². The van der Waals surface area contributed by atoms with E-state index in [2.05, 4.69) is 15.3 Å². The van der Waals surface area contributed by atoms with Crippen molar-refractivity contribution < 1.29 is 14.6 Å². The second-order valence-corrected chi connectivity index (χ2v) is 7.14. The fourth-order valence-electron chi connectivity index (χ4n) is 3.03. The predicted octanol–water partition coefficient (Wildman–Crippen LogP) is 2.86. The van der Waals surface area contributed by atoms with Crippen molar-refractivity contribution in [1.82, 2.24) is 14.5 Å². The Hall–Kier alpha value is -2.81. The highest BCUT2D eigenvalue weighted by molar-refractivity contribution is 6.30. The number of rotatable bonds is 8. The van der Waals surface area contributed by atoms with Crippen LogP contribution in [0.3, 0.4) is 0 Å². The Kier molecular flexibility index (Phi) is 7.15. The molecule has 0 aliphatic rings. The molecule has 0 aliphatic heterocycles. The van der Waals surface area contributed by atoms with Gasteiger partial charge in [-0.15, -0.1) is 0 Å². The number of benzene rings is 1. The fraction of sp³-hybridized carbons (Fsp3) is 0.286. The Balaban J connectivity index is 1.91. The number of aromatic nitrogens is 3. The van der Waals surface area contributed by atoms with Gasteiger partial charge in [0.25, 0.3) is 5.56 Å². The highest BCUT2D eigenvalue weighted by Gasteiger charge is 2.16. The third-order valence-electron chi connectivity index (χ3n) is 4.78. The maximum Gasteiger partial charge on any atom is 0.251 e. The minimum atomic E-state index is -0.706. The number of nitrogens with one attached hydrogen (secondary N) is 1. The van der Waals surface area contributed by atoms with E-state index in [1.165, 1.54) is 28.8 Å². The molecule has 9 heteroatoms. The SMILES string of the molecule is CC[C@@H](CO)Nc1nccc(-c2ccn(C(CO)c3ccc(F)c(Cl)c3)c(=O)c2)n1. The molecule has 7 nitrogen and oxygen atoms in total. The zero-order valence-electron chi connectivity index (χ0n) is 16.3. The quantitative estimate of drug-likeness (QED) is 0.506. The van der Waals surface area contributed by atoms with E-state index in [0.29, 0.717) is 29.2 Å². The molecule has 0 bridgehead atoms. The summed E-state index contributed by atoms with van der Waals surface area (Å²) in [5, 5.41) is 22.1. The lowest BCUT2D eigenvalue weighted by Gasteiger charge is -2.19. The summed E-state index contributed by atoms with van der Waals surface area (Å²) in [4.78, 5) is 21.3. The number of nitrogens with zero attached hydrogens (tertiary/aromatic N) is 3. The van der Waals surface area contributed by atoms with E-state index >= 15 is 0 Å². The summed E-state index contributed by atoms with van der Waals surface area (Å²) in [5.41, 5.74) is 1.27. The van der Waals surface area contributed by atoms with Crippen LogP contribution in [0.5, 0.6) is 0 Å². The molecule has 0 fully saturated rings. The molecule has 2 heterocycles. The van der Waals surface area contributed by atoms with E-state index in [1.807, 2.05) is 6.92 Å². The molecular weight excluding hydrogens is 411 g/mol. The molecule has 158 valence electrons. The first-order valence-corrected chi connectivity index (χ1v) is 9.83. The first-order chi connectivity index (χ1) is 14.5. The Morgan fingerprint density at radius 1 is 1.20 bits per heavy atom. The van der Waals surface area contributed by atoms with Crippen LogP contribution in [-0.2, 0) is 0 Å². The van der Waals surface area contributed by atoms with Crippen molar-refractivity contribution in [3.05, 3.63) is 75.5 Å². The first-order valence-electron chi connectivity index (χ1n) is 9.45. The summed E-state index contributed by atoms with van der Waals surface area (Å²) in [6.45, 7) is 1.53. The van der Waals surface area contributed by atoms with Crippen LogP contribution in [0, 0.1) is 5.82 Å². The van der Waals surface area contributed by atoms with E-state index < -0.39 is 11.9 Å². The monoisotopic (exact) mass is 432 g/mol. The summed E-state index contributed by atoms with van der Waals surface area (Å²) in [6, 6.07) is 7.98. The van der Waals surface area contributed by atoms with Gasteiger partial charge in [-0.25, -0.2) is 14.4 Å². The Morgan fingerprint density at radius 3 is 2.63 bits per heavy atom. The van der Waals surface area contributed by atoms with Crippen LogP contribution in [0.15, 0.2) is 53.6 Å². The lowest BCUT2D eigenvalue weighted by molar-refractivity contribution is 0.247. The predicted molar refractivity (Wildman–Crippen MR) is 113 cm³/mol. The molecule has 0 saturated heterocycles. The van der Waals surface area contributed by atoms with Crippen molar-refractivity contribution in [1.29, 1.82) is 0 Å². The van der Waals surface area contributed by atoms with Gasteiger partial charge in [-0.3, -0.25) is 4.79 Å². The molecule has 0 spiro atoms. The van der Waals surface area contributed by atoms with Gasteiger partial charge in [0.15, 0.2) is 0 Å². The minimum Gasteiger partial charge on any atom is -0.394 e. The largest absolute Gasteiger partial charge is 0.394 e.